The summed E-state index contributed by atoms with van der Waals surface area (Å²) in [6.45, 7) is -4.00. The molecule has 0 spiro atoms. The van der Waals surface area contributed by atoms with Gasteiger partial charge in [-0.1, -0.05) is 0 Å². The number of carbonyl (C=O) groups is 3. The van der Waals surface area contributed by atoms with E-state index in [9.17, 15) is 31.9 Å². The minimum Gasteiger partial charge on any atom is -0.433 e. The molecule has 13 heteroatoms. The predicted molar refractivity (Wildman–Crippen MR) is 91.9 cm³/mol. The van der Waals surface area contributed by atoms with Gasteiger partial charge in [-0.15, -0.1) is 0 Å². The second-order valence-corrected chi connectivity index (χ2v) is 5.78. The van der Waals surface area contributed by atoms with Crippen molar-refractivity contribution < 1.29 is 41.4 Å². The monoisotopic (exact) mass is 422 g/mol. The zero-order valence-corrected chi connectivity index (χ0v) is 14.9. The maximum Gasteiger partial charge on any atom is 0.387 e. The van der Waals surface area contributed by atoms with Gasteiger partial charge in [-0.05, 0) is 12.1 Å². The van der Waals surface area contributed by atoms with Crippen molar-refractivity contribution in [3.63, 3.8) is 0 Å². The first-order valence-corrected chi connectivity index (χ1v) is 8.27. The molecule has 1 aliphatic rings. The third kappa shape index (κ3) is 6.29. The fourth-order valence-electron chi connectivity index (χ4n) is 2.50. The van der Waals surface area contributed by atoms with Crippen molar-refractivity contribution in [2.45, 2.75) is 19.1 Å². The molecule has 0 bridgehead atoms. The van der Waals surface area contributed by atoms with Crippen LogP contribution in [0.4, 0.5) is 28.9 Å². The van der Waals surface area contributed by atoms with E-state index in [-0.39, 0.29) is 31.1 Å². The zero-order chi connectivity index (χ0) is 21.6. The summed E-state index contributed by atoms with van der Waals surface area (Å²) in [5.74, 6) is -3.29. The zero-order valence-electron chi connectivity index (χ0n) is 14.9. The van der Waals surface area contributed by atoms with Gasteiger partial charge in [0, 0.05) is 18.3 Å². The number of alkyl halides is 4. The van der Waals surface area contributed by atoms with Crippen molar-refractivity contribution in [3.8, 4) is 5.75 Å². The maximum absolute atomic E-state index is 12.8. The lowest BCUT2D eigenvalue weighted by Gasteiger charge is -2.27. The molecule has 1 atom stereocenters. The Morgan fingerprint density at radius 3 is 2.59 bits per heavy atom. The van der Waals surface area contributed by atoms with Gasteiger partial charge in [0.15, 0.2) is 11.8 Å². The van der Waals surface area contributed by atoms with Crippen LogP contribution in [0.5, 0.6) is 5.75 Å². The number of anilines is 2. The maximum atomic E-state index is 12.8. The molecule has 1 aromatic rings. The number of halogens is 4. The smallest absolute Gasteiger partial charge is 0.387 e. The molecule has 1 heterocycles. The van der Waals surface area contributed by atoms with Gasteiger partial charge in [-0.3, -0.25) is 19.7 Å². The summed E-state index contributed by atoms with van der Waals surface area (Å²) in [4.78, 5) is 36.7. The van der Waals surface area contributed by atoms with Crippen LogP contribution in [-0.2, 0) is 19.1 Å². The number of nitrogens with one attached hydrogen (secondary N) is 2. The molecule has 0 radical (unpaired) electrons. The molecule has 1 aliphatic heterocycles. The van der Waals surface area contributed by atoms with E-state index in [1.807, 2.05) is 5.32 Å². The summed E-state index contributed by atoms with van der Waals surface area (Å²) in [6.07, 6.45) is -2.85. The molecular weight excluding hydrogens is 404 g/mol. The van der Waals surface area contributed by atoms with E-state index >= 15 is 0 Å². The number of hydrogen-bond donors (Lipinski definition) is 3. The molecule has 1 aromatic carbocycles. The second-order valence-electron chi connectivity index (χ2n) is 5.78. The summed E-state index contributed by atoms with van der Waals surface area (Å²) in [5.41, 5.74) is 4.96. The minimum absolute atomic E-state index is 0.181. The number of primary amides is 1. The highest BCUT2D eigenvalue weighted by atomic mass is 19.3. The molecule has 0 aromatic heterocycles. The number of carbonyl (C=O) groups excluding carboxylic acids is 3. The Hall–Kier alpha value is -2.93. The van der Waals surface area contributed by atoms with Crippen molar-refractivity contribution >= 4 is 29.1 Å². The van der Waals surface area contributed by atoms with Gasteiger partial charge in [-0.2, -0.15) is 8.78 Å². The van der Waals surface area contributed by atoms with Crippen LogP contribution < -0.4 is 26.0 Å². The first-order valence-electron chi connectivity index (χ1n) is 8.27. The van der Waals surface area contributed by atoms with Gasteiger partial charge in [0.05, 0.1) is 18.8 Å². The number of benzene rings is 1. The van der Waals surface area contributed by atoms with E-state index < -0.39 is 49.1 Å². The fraction of sp³-hybridized carbons (Fsp3) is 0.438. The number of nitrogens with zero attached hydrogens (tertiary/aromatic N) is 1. The molecule has 2 rings (SSSR count). The van der Waals surface area contributed by atoms with Crippen molar-refractivity contribution in [2.75, 3.05) is 36.5 Å². The lowest BCUT2D eigenvalue weighted by molar-refractivity contribution is -0.128. The Morgan fingerprint density at radius 2 is 2.00 bits per heavy atom. The molecule has 0 saturated carbocycles. The van der Waals surface area contributed by atoms with Crippen LogP contribution in [-0.4, -0.2) is 63.1 Å². The number of hydrogen-bond acceptors (Lipinski definition) is 6. The number of rotatable bonds is 9. The molecule has 4 N–H and O–H groups in total. The van der Waals surface area contributed by atoms with Gasteiger partial charge < -0.3 is 25.4 Å². The number of ether oxygens (including phenoxy) is 2. The van der Waals surface area contributed by atoms with E-state index in [1.165, 1.54) is 17.0 Å². The van der Waals surface area contributed by atoms with Crippen LogP contribution in [0.25, 0.3) is 0 Å². The highest BCUT2D eigenvalue weighted by Gasteiger charge is 2.27. The largest absolute Gasteiger partial charge is 0.433 e. The summed E-state index contributed by atoms with van der Waals surface area (Å²) in [5, 5.41) is 4.10. The lowest BCUT2D eigenvalue weighted by atomic mass is 10.2. The average molecular weight is 422 g/mol. The van der Waals surface area contributed by atoms with Crippen LogP contribution in [0.15, 0.2) is 18.2 Å². The molecule has 0 unspecified atom stereocenters. The van der Waals surface area contributed by atoms with Crippen molar-refractivity contribution in [2.24, 2.45) is 5.73 Å². The van der Waals surface area contributed by atoms with E-state index in [0.717, 1.165) is 6.07 Å². The van der Waals surface area contributed by atoms with Crippen molar-refractivity contribution in [1.29, 1.82) is 0 Å². The van der Waals surface area contributed by atoms with Crippen molar-refractivity contribution in [3.05, 3.63) is 18.2 Å². The average Bonchev–Trinajstić information content (AvgIpc) is 2.62. The van der Waals surface area contributed by atoms with Crippen LogP contribution >= 0.6 is 0 Å². The summed E-state index contributed by atoms with van der Waals surface area (Å²) < 4.78 is 59.6. The number of morpholine rings is 1. The molecule has 9 nitrogen and oxygen atoms in total. The van der Waals surface area contributed by atoms with Gasteiger partial charge >= 0.3 is 6.61 Å². The number of nitrogens with two attached hydrogens (primary N) is 1. The Labute approximate surface area is 162 Å². The normalized spacial score (nSPS) is 15.5. The Kier molecular flexibility index (Phi) is 7.73. The third-order valence-corrected chi connectivity index (χ3v) is 3.76. The van der Waals surface area contributed by atoms with Gasteiger partial charge in [0.1, 0.15) is 6.61 Å². The molecule has 29 heavy (non-hydrogen) atoms. The fourth-order valence-corrected chi connectivity index (χ4v) is 2.50. The van der Waals surface area contributed by atoms with Gasteiger partial charge in [0.25, 0.3) is 18.2 Å². The van der Waals surface area contributed by atoms with E-state index in [4.69, 9.17) is 10.5 Å². The topological polar surface area (TPSA) is 123 Å². The van der Waals surface area contributed by atoms with Crippen molar-refractivity contribution in [1.82, 2.24) is 5.32 Å². The van der Waals surface area contributed by atoms with E-state index in [1.54, 1.807) is 0 Å². The van der Waals surface area contributed by atoms with Crippen LogP contribution in [0, 0.1) is 0 Å². The summed E-state index contributed by atoms with van der Waals surface area (Å²) in [7, 11) is 0. The summed E-state index contributed by atoms with van der Waals surface area (Å²) in [6, 6.07) is 1.78. The Balaban J connectivity index is 2.24. The molecular formula is C16H18F4N4O5. The number of amides is 3. The van der Waals surface area contributed by atoms with Crippen LogP contribution in [0.1, 0.15) is 0 Å². The highest BCUT2D eigenvalue weighted by molar-refractivity contribution is 6.10. The highest BCUT2D eigenvalue weighted by Crippen LogP contribution is 2.32. The Bertz CT molecular complexity index is 765. The molecule has 0 aliphatic carbocycles. The van der Waals surface area contributed by atoms with Crippen LogP contribution in [0.2, 0.25) is 0 Å². The predicted octanol–water partition coefficient (Wildman–Crippen LogP) is 0.298. The minimum atomic E-state index is -3.26. The van der Waals surface area contributed by atoms with E-state index in [2.05, 4.69) is 10.1 Å². The summed E-state index contributed by atoms with van der Waals surface area (Å²) >= 11 is 0. The van der Waals surface area contributed by atoms with Gasteiger partial charge in [-0.25, -0.2) is 8.78 Å². The molecule has 1 fully saturated rings. The standard InChI is InChI=1S/C16H18F4N4O5/c17-11(18)6-22-13(14(21)26)15(27)23-9-2-1-8(5-10(9)29-16(19)20)24-3-4-28-7-12(24)25/h1-2,5,11,13,16,22H,3-4,6-7H2,(H2,21,26)(H,23,27)/t13-/m0/s1. The Morgan fingerprint density at radius 1 is 1.28 bits per heavy atom. The first kappa shape index (κ1) is 22.4. The first-order chi connectivity index (χ1) is 13.7. The molecule has 160 valence electrons. The van der Waals surface area contributed by atoms with E-state index in [0.29, 0.717) is 0 Å². The molecule has 3 amide bonds. The van der Waals surface area contributed by atoms with Gasteiger partial charge in [0.2, 0.25) is 5.91 Å². The second kappa shape index (κ2) is 10.0. The third-order valence-electron chi connectivity index (χ3n) is 3.76. The molecule has 1 saturated heterocycles. The SMILES string of the molecule is NC(=O)[C@H](NCC(F)F)C(=O)Nc1ccc(N2CCOCC2=O)cc1OC(F)F. The quantitative estimate of drug-likeness (QED) is 0.389. The van der Waals surface area contributed by atoms with Crippen LogP contribution in [0.3, 0.4) is 0 Å². The lowest BCUT2D eigenvalue weighted by Crippen LogP contribution is -2.51.